The van der Waals surface area contributed by atoms with E-state index in [9.17, 15) is 4.79 Å². The van der Waals surface area contributed by atoms with Gasteiger partial charge in [-0.25, -0.2) is 5.48 Å². The number of carbonyl (C=O) groups excluding carboxylic acids is 1. The standard InChI is InChI=1S/C16H15N3O2/c20-16(18-21)13-6-7-14-11-19(17-15(14)10-13)9-8-12-4-2-1-3-5-12/h1-7,10-11,21H,8-9H2,(H,18,20). The molecule has 1 heterocycles. The molecule has 0 atom stereocenters. The van der Waals surface area contributed by atoms with Crippen LogP contribution in [0.1, 0.15) is 15.9 Å². The van der Waals surface area contributed by atoms with Crippen LogP contribution in [0.3, 0.4) is 0 Å². The second kappa shape index (κ2) is 5.76. The molecule has 5 nitrogen and oxygen atoms in total. The number of nitrogens with one attached hydrogen (secondary N) is 1. The molecule has 106 valence electrons. The fourth-order valence-corrected chi connectivity index (χ4v) is 2.28. The maximum atomic E-state index is 11.4. The number of hydrogen-bond donors (Lipinski definition) is 2. The van der Waals surface area contributed by atoms with E-state index in [-0.39, 0.29) is 0 Å². The third kappa shape index (κ3) is 2.93. The molecule has 0 spiro atoms. The zero-order chi connectivity index (χ0) is 14.7. The molecule has 5 heteroatoms. The van der Waals surface area contributed by atoms with Gasteiger partial charge in [0.05, 0.1) is 5.52 Å². The molecule has 1 amide bonds. The van der Waals surface area contributed by atoms with Crippen LogP contribution in [0.15, 0.2) is 54.7 Å². The lowest BCUT2D eigenvalue weighted by molar-refractivity contribution is 0.0706. The van der Waals surface area contributed by atoms with Gasteiger partial charge in [0.15, 0.2) is 0 Å². The fourth-order valence-electron chi connectivity index (χ4n) is 2.28. The minimum Gasteiger partial charge on any atom is -0.288 e. The van der Waals surface area contributed by atoms with Gasteiger partial charge < -0.3 is 0 Å². The molecule has 0 saturated carbocycles. The number of aryl methyl sites for hydroxylation is 2. The molecule has 0 aliphatic heterocycles. The van der Waals surface area contributed by atoms with Crippen molar-refractivity contribution in [1.82, 2.24) is 15.3 Å². The quantitative estimate of drug-likeness (QED) is 0.570. The number of carbonyl (C=O) groups is 1. The lowest BCUT2D eigenvalue weighted by Gasteiger charge is -2.01. The fraction of sp³-hybridized carbons (Fsp3) is 0.125. The van der Waals surface area contributed by atoms with Crippen LogP contribution in [-0.4, -0.2) is 20.9 Å². The summed E-state index contributed by atoms with van der Waals surface area (Å²) in [4.78, 5) is 11.4. The Kier molecular flexibility index (Phi) is 3.66. The molecule has 21 heavy (non-hydrogen) atoms. The van der Waals surface area contributed by atoms with E-state index in [2.05, 4.69) is 17.2 Å². The van der Waals surface area contributed by atoms with E-state index in [0.717, 1.165) is 23.9 Å². The van der Waals surface area contributed by atoms with Crippen LogP contribution >= 0.6 is 0 Å². The van der Waals surface area contributed by atoms with Gasteiger partial charge in [0.1, 0.15) is 0 Å². The van der Waals surface area contributed by atoms with Gasteiger partial charge in [-0.2, -0.15) is 5.10 Å². The van der Waals surface area contributed by atoms with Gasteiger partial charge in [-0.05, 0) is 24.1 Å². The largest absolute Gasteiger partial charge is 0.288 e. The molecule has 0 aliphatic carbocycles. The molecule has 1 aromatic heterocycles. The molecule has 2 aromatic carbocycles. The summed E-state index contributed by atoms with van der Waals surface area (Å²) < 4.78 is 1.87. The Morgan fingerprint density at radius 2 is 2.00 bits per heavy atom. The molecule has 0 unspecified atom stereocenters. The van der Waals surface area contributed by atoms with E-state index in [1.807, 2.05) is 35.1 Å². The van der Waals surface area contributed by atoms with Crippen molar-refractivity contribution in [2.45, 2.75) is 13.0 Å². The Morgan fingerprint density at radius 1 is 1.19 bits per heavy atom. The normalized spacial score (nSPS) is 10.7. The molecular weight excluding hydrogens is 266 g/mol. The van der Waals surface area contributed by atoms with E-state index in [1.54, 1.807) is 17.6 Å². The summed E-state index contributed by atoms with van der Waals surface area (Å²) >= 11 is 0. The smallest absolute Gasteiger partial charge is 0.274 e. The first-order valence-corrected chi connectivity index (χ1v) is 6.72. The Hall–Kier alpha value is -2.66. The van der Waals surface area contributed by atoms with Crippen LogP contribution in [0.2, 0.25) is 0 Å². The molecule has 3 aromatic rings. The van der Waals surface area contributed by atoms with Crippen molar-refractivity contribution in [1.29, 1.82) is 0 Å². The van der Waals surface area contributed by atoms with Crippen molar-refractivity contribution in [2.24, 2.45) is 0 Å². The number of aromatic nitrogens is 2. The predicted octanol–water partition coefficient (Wildman–Crippen LogP) is 2.40. The summed E-state index contributed by atoms with van der Waals surface area (Å²) in [5.74, 6) is -0.532. The van der Waals surface area contributed by atoms with Crippen molar-refractivity contribution >= 4 is 16.8 Å². The van der Waals surface area contributed by atoms with Crippen LogP contribution in [0, 0.1) is 0 Å². The first-order valence-electron chi connectivity index (χ1n) is 6.72. The average Bonchev–Trinajstić information content (AvgIpc) is 2.95. The van der Waals surface area contributed by atoms with Crippen LogP contribution in [0.4, 0.5) is 0 Å². The monoisotopic (exact) mass is 281 g/mol. The minimum absolute atomic E-state index is 0.387. The highest BCUT2D eigenvalue weighted by molar-refractivity contribution is 5.97. The number of nitrogens with zero attached hydrogens (tertiary/aromatic N) is 2. The zero-order valence-corrected chi connectivity index (χ0v) is 11.4. The average molecular weight is 281 g/mol. The van der Waals surface area contributed by atoms with Gasteiger partial charge >= 0.3 is 0 Å². The van der Waals surface area contributed by atoms with Crippen LogP contribution < -0.4 is 5.48 Å². The number of amides is 1. The molecule has 0 aliphatic rings. The minimum atomic E-state index is -0.532. The number of benzene rings is 2. The molecule has 3 rings (SSSR count). The van der Waals surface area contributed by atoms with E-state index in [0.29, 0.717) is 5.56 Å². The summed E-state index contributed by atoms with van der Waals surface area (Å²) in [6.45, 7) is 0.778. The number of hydroxylamine groups is 1. The third-order valence-electron chi connectivity index (χ3n) is 3.39. The summed E-state index contributed by atoms with van der Waals surface area (Å²) in [5.41, 5.74) is 4.01. The molecule has 0 fully saturated rings. The summed E-state index contributed by atoms with van der Waals surface area (Å²) in [7, 11) is 0. The predicted molar refractivity (Wildman–Crippen MR) is 79.1 cm³/mol. The van der Waals surface area contributed by atoms with Gasteiger partial charge in [0.2, 0.25) is 0 Å². The highest BCUT2D eigenvalue weighted by Crippen LogP contribution is 2.15. The highest BCUT2D eigenvalue weighted by Gasteiger charge is 2.07. The Morgan fingerprint density at radius 3 is 2.76 bits per heavy atom. The van der Waals surface area contributed by atoms with Crippen LogP contribution in [0.25, 0.3) is 10.9 Å². The Labute approximate surface area is 121 Å². The molecule has 0 bridgehead atoms. The van der Waals surface area contributed by atoms with Crippen molar-refractivity contribution in [2.75, 3.05) is 0 Å². The number of hydrogen-bond acceptors (Lipinski definition) is 3. The summed E-state index contributed by atoms with van der Waals surface area (Å²) in [6, 6.07) is 15.4. The topological polar surface area (TPSA) is 67.2 Å². The second-order valence-corrected chi connectivity index (χ2v) is 4.84. The van der Waals surface area contributed by atoms with E-state index >= 15 is 0 Å². The third-order valence-corrected chi connectivity index (χ3v) is 3.39. The molecule has 2 N–H and O–H groups in total. The molecule has 0 saturated heterocycles. The summed E-state index contributed by atoms with van der Waals surface area (Å²) in [6.07, 6.45) is 2.86. The van der Waals surface area contributed by atoms with Crippen molar-refractivity contribution < 1.29 is 10.0 Å². The van der Waals surface area contributed by atoms with Gasteiger partial charge in [-0.3, -0.25) is 14.7 Å². The van der Waals surface area contributed by atoms with Crippen LogP contribution in [0.5, 0.6) is 0 Å². The van der Waals surface area contributed by atoms with E-state index < -0.39 is 5.91 Å². The first kappa shape index (κ1) is 13.3. The lowest BCUT2D eigenvalue weighted by atomic mass is 10.1. The van der Waals surface area contributed by atoms with E-state index in [4.69, 9.17) is 5.21 Å². The second-order valence-electron chi connectivity index (χ2n) is 4.84. The van der Waals surface area contributed by atoms with E-state index in [1.165, 1.54) is 5.56 Å². The van der Waals surface area contributed by atoms with Crippen molar-refractivity contribution in [3.63, 3.8) is 0 Å². The maximum Gasteiger partial charge on any atom is 0.274 e. The number of rotatable bonds is 4. The zero-order valence-electron chi connectivity index (χ0n) is 11.4. The number of fused-ring (bicyclic) bond motifs is 1. The lowest BCUT2D eigenvalue weighted by Crippen LogP contribution is -2.18. The van der Waals surface area contributed by atoms with Crippen molar-refractivity contribution in [3.05, 3.63) is 65.9 Å². The van der Waals surface area contributed by atoms with Gasteiger partial charge in [0, 0.05) is 23.7 Å². The highest BCUT2D eigenvalue weighted by atomic mass is 16.5. The van der Waals surface area contributed by atoms with Gasteiger partial charge in [-0.15, -0.1) is 0 Å². The Bertz CT molecular complexity index is 766. The molecular formula is C16H15N3O2. The van der Waals surface area contributed by atoms with Gasteiger partial charge in [0.25, 0.3) is 5.91 Å². The Balaban J connectivity index is 1.79. The first-order chi connectivity index (χ1) is 10.3. The van der Waals surface area contributed by atoms with Crippen molar-refractivity contribution in [3.8, 4) is 0 Å². The van der Waals surface area contributed by atoms with Gasteiger partial charge in [-0.1, -0.05) is 36.4 Å². The van der Waals surface area contributed by atoms with Crippen LogP contribution in [-0.2, 0) is 13.0 Å². The molecule has 0 radical (unpaired) electrons. The summed E-state index contributed by atoms with van der Waals surface area (Å²) in [5, 5.41) is 14.1. The SMILES string of the molecule is O=C(NO)c1ccc2cn(CCc3ccccc3)nc2c1. The maximum absolute atomic E-state index is 11.4.